The van der Waals surface area contributed by atoms with Crippen LogP contribution in [0.1, 0.15) is 10.5 Å². The highest BCUT2D eigenvalue weighted by Crippen LogP contribution is 2.16. The highest BCUT2D eigenvalue weighted by molar-refractivity contribution is 5.93. The zero-order chi connectivity index (χ0) is 13.1. The van der Waals surface area contributed by atoms with Gasteiger partial charge in [-0.15, -0.1) is 0 Å². The van der Waals surface area contributed by atoms with E-state index in [0.717, 1.165) is 0 Å². The van der Waals surface area contributed by atoms with Gasteiger partial charge in [0.15, 0.2) is 0 Å². The summed E-state index contributed by atoms with van der Waals surface area (Å²) in [6, 6.07) is 0.778. The van der Waals surface area contributed by atoms with Gasteiger partial charge in [-0.2, -0.15) is 0 Å². The van der Waals surface area contributed by atoms with Crippen molar-refractivity contribution >= 4 is 11.6 Å². The predicted octanol–water partition coefficient (Wildman–Crippen LogP) is -0.244. The van der Waals surface area contributed by atoms with E-state index >= 15 is 0 Å². The van der Waals surface area contributed by atoms with Crippen LogP contribution in [0.3, 0.4) is 0 Å². The number of H-pyrrole nitrogens is 1. The van der Waals surface area contributed by atoms with Gasteiger partial charge in [-0.1, -0.05) is 0 Å². The maximum atomic E-state index is 12.1. The summed E-state index contributed by atoms with van der Waals surface area (Å²) >= 11 is 0. The molecule has 1 aliphatic rings. The summed E-state index contributed by atoms with van der Waals surface area (Å²) in [6.45, 7) is 0.821. The molecule has 2 heterocycles. The Labute approximate surface area is 102 Å². The molecule has 0 saturated carbocycles. The van der Waals surface area contributed by atoms with Gasteiger partial charge in [0.1, 0.15) is 5.69 Å². The molecule has 2 rings (SSSR count). The Bertz CT molecular complexity index is 458. The van der Waals surface area contributed by atoms with Crippen LogP contribution in [-0.2, 0) is 4.74 Å². The Balaban J connectivity index is 2.15. The number of carbonyl (C=O) groups excluding carboxylic acids is 1. The van der Waals surface area contributed by atoms with Crippen molar-refractivity contribution in [1.82, 2.24) is 9.88 Å². The lowest BCUT2D eigenvalue weighted by atomic mass is 10.2. The number of morpholine rings is 1. The van der Waals surface area contributed by atoms with Crippen LogP contribution < -0.4 is 0 Å². The second-order valence-corrected chi connectivity index (χ2v) is 3.94. The molecule has 2 N–H and O–H groups in total. The van der Waals surface area contributed by atoms with Crippen molar-refractivity contribution in [2.45, 2.75) is 6.04 Å². The molecular formula is C10H13N3O5. The lowest BCUT2D eigenvalue weighted by Gasteiger charge is -2.34. The van der Waals surface area contributed by atoms with Crippen LogP contribution >= 0.6 is 0 Å². The van der Waals surface area contributed by atoms with Crippen LogP contribution in [0.2, 0.25) is 0 Å². The molecule has 1 aromatic heterocycles. The standard InChI is InChI=1S/C10H13N3O5/c14-5-8-6-18-2-1-12(8)10(15)9-3-7(4-11-9)13(16)17/h3-4,8,11,14H,1-2,5-6H2. The third kappa shape index (κ3) is 2.34. The molecule has 1 aliphatic heterocycles. The van der Waals surface area contributed by atoms with Crippen LogP contribution in [-0.4, -0.2) is 58.2 Å². The zero-order valence-electron chi connectivity index (χ0n) is 9.54. The van der Waals surface area contributed by atoms with Gasteiger partial charge in [-0.05, 0) is 0 Å². The fourth-order valence-corrected chi connectivity index (χ4v) is 1.84. The fourth-order valence-electron chi connectivity index (χ4n) is 1.84. The van der Waals surface area contributed by atoms with E-state index in [1.807, 2.05) is 0 Å². The lowest BCUT2D eigenvalue weighted by Crippen LogP contribution is -2.50. The highest BCUT2D eigenvalue weighted by Gasteiger charge is 2.29. The molecule has 0 spiro atoms. The van der Waals surface area contributed by atoms with Gasteiger partial charge >= 0.3 is 0 Å². The Hall–Kier alpha value is -1.93. The third-order valence-electron chi connectivity index (χ3n) is 2.81. The highest BCUT2D eigenvalue weighted by atomic mass is 16.6. The summed E-state index contributed by atoms with van der Waals surface area (Å²) in [5.41, 5.74) is -0.0193. The monoisotopic (exact) mass is 255 g/mol. The average Bonchev–Trinajstić information content (AvgIpc) is 2.87. The molecule has 1 aromatic rings. The van der Waals surface area contributed by atoms with Crippen LogP contribution in [0.25, 0.3) is 0 Å². The number of aromatic amines is 1. The molecule has 1 atom stereocenters. The number of hydrogen-bond donors (Lipinski definition) is 2. The summed E-state index contributed by atoms with van der Waals surface area (Å²) in [5, 5.41) is 19.7. The van der Waals surface area contributed by atoms with Crippen molar-refractivity contribution < 1.29 is 19.6 Å². The summed E-state index contributed by atoms with van der Waals surface area (Å²) in [5.74, 6) is -0.370. The van der Waals surface area contributed by atoms with E-state index in [-0.39, 0.29) is 30.5 Å². The van der Waals surface area contributed by atoms with Crippen molar-refractivity contribution in [3.8, 4) is 0 Å². The second kappa shape index (κ2) is 5.15. The largest absolute Gasteiger partial charge is 0.394 e. The third-order valence-corrected chi connectivity index (χ3v) is 2.81. The maximum absolute atomic E-state index is 12.1. The number of ether oxygens (including phenoxy) is 1. The molecule has 1 fully saturated rings. The molecular weight excluding hydrogens is 242 g/mol. The molecule has 1 saturated heterocycles. The molecule has 8 heteroatoms. The first kappa shape index (κ1) is 12.5. The van der Waals surface area contributed by atoms with Crippen molar-refractivity contribution in [2.75, 3.05) is 26.4 Å². The number of nitrogens with one attached hydrogen (secondary N) is 1. The minimum Gasteiger partial charge on any atom is -0.394 e. The zero-order valence-corrected chi connectivity index (χ0v) is 9.54. The molecule has 98 valence electrons. The quantitative estimate of drug-likeness (QED) is 0.572. The molecule has 1 unspecified atom stereocenters. The number of aromatic nitrogens is 1. The Morgan fingerprint density at radius 2 is 2.50 bits per heavy atom. The normalized spacial score (nSPS) is 19.8. The molecule has 1 amide bonds. The fraction of sp³-hybridized carbons (Fsp3) is 0.500. The molecule has 0 aliphatic carbocycles. The Morgan fingerprint density at radius 1 is 1.72 bits per heavy atom. The van der Waals surface area contributed by atoms with E-state index in [1.54, 1.807) is 0 Å². The van der Waals surface area contributed by atoms with Gasteiger partial charge in [0.05, 0.1) is 37.0 Å². The van der Waals surface area contributed by atoms with Gasteiger partial charge in [0.25, 0.3) is 11.6 Å². The van der Waals surface area contributed by atoms with Crippen LogP contribution in [0.4, 0.5) is 5.69 Å². The van der Waals surface area contributed by atoms with E-state index in [2.05, 4.69) is 4.98 Å². The number of nitrogens with zero attached hydrogens (tertiary/aromatic N) is 2. The van der Waals surface area contributed by atoms with Crippen LogP contribution in [0.5, 0.6) is 0 Å². The topological polar surface area (TPSA) is 109 Å². The first-order valence-electron chi connectivity index (χ1n) is 5.46. The number of rotatable bonds is 3. The minimum atomic E-state index is -0.573. The molecule has 0 bridgehead atoms. The maximum Gasteiger partial charge on any atom is 0.287 e. The molecule has 0 radical (unpaired) electrons. The minimum absolute atomic E-state index is 0.141. The van der Waals surface area contributed by atoms with Gasteiger partial charge in [-0.3, -0.25) is 14.9 Å². The first-order chi connectivity index (χ1) is 8.63. The lowest BCUT2D eigenvalue weighted by molar-refractivity contribution is -0.384. The van der Waals surface area contributed by atoms with E-state index in [0.29, 0.717) is 13.2 Å². The van der Waals surface area contributed by atoms with Crippen LogP contribution in [0.15, 0.2) is 12.3 Å². The van der Waals surface area contributed by atoms with E-state index in [1.165, 1.54) is 17.2 Å². The Morgan fingerprint density at radius 3 is 3.11 bits per heavy atom. The number of hydrogen-bond acceptors (Lipinski definition) is 5. The smallest absolute Gasteiger partial charge is 0.287 e. The summed E-state index contributed by atoms with van der Waals surface area (Å²) in [6.07, 6.45) is 1.17. The summed E-state index contributed by atoms with van der Waals surface area (Å²) in [7, 11) is 0. The Kier molecular flexibility index (Phi) is 3.58. The van der Waals surface area contributed by atoms with Crippen molar-refractivity contribution in [1.29, 1.82) is 0 Å². The van der Waals surface area contributed by atoms with Gasteiger partial charge in [-0.25, -0.2) is 0 Å². The number of aliphatic hydroxyl groups is 1. The number of amides is 1. The number of nitro groups is 1. The SMILES string of the molecule is O=C(c1cc([N+](=O)[O-])c[nH]1)N1CCOCC1CO. The van der Waals surface area contributed by atoms with Gasteiger partial charge < -0.3 is 19.7 Å². The second-order valence-electron chi connectivity index (χ2n) is 3.94. The number of aliphatic hydroxyl groups excluding tert-OH is 1. The molecule has 0 aromatic carbocycles. The predicted molar refractivity (Wildman–Crippen MR) is 60.2 cm³/mol. The summed E-state index contributed by atoms with van der Waals surface area (Å²) in [4.78, 5) is 26.1. The molecule has 8 nitrogen and oxygen atoms in total. The van der Waals surface area contributed by atoms with E-state index < -0.39 is 11.0 Å². The number of carbonyl (C=O) groups is 1. The van der Waals surface area contributed by atoms with Gasteiger partial charge in [0.2, 0.25) is 0 Å². The van der Waals surface area contributed by atoms with Gasteiger partial charge in [0, 0.05) is 12.6 Å². The summed E-state index contributed by atoms with van der Waals surface area (Å²) < 4.78 is 5.16. The van der Waals surface area contributed by atoms with Crippen LogP contribution in [0, 0.1) is 10.1 Å². The average molecular weight is 255 g/mol. The first-order valence-corrected chi connectivity index (χ1v) is 5.46. The molecule has 18 heavy (non-hydrogen) atoms. The van der Waals surface area contributed by atoms with Crippen molar-refractivity contribution in [2.24, 2.45) is 0 Å². The van der Waals surface area contributed by atoms with Crippen molar-refractivity contribution in [3.63, 3.8) is 0 Å². The van der Waals surface area contributed by atoms with E-state index in [9.17, 15) is 14.9 Å². The van der Waals surface area contributed by atoms with E-state index in [4.69, 9.17) is 9.84 Å². The van der Waals surface area contributed by atoms with Crippen molar-refractivity contribution in [3.05, 3.63) is 28.1 Å².